The Balaban J connectivity index is 1.40. The van der Waals surface area contributed by atoms with E-state index in [-0.39, 0.29) is 23.8 Å². The Morgan fingerprint density at radius 1 is 1.46 bits per heavy atom. The number of rotatable bonds is 6. The van der Waals surface area contributed by atoms with Crippen molar-refractivity contribution in [2.24, 2.45) is 5.92 Å². The normalized spacial score (nSPS) is 20.1. The molecule has 1 amide bonds. The minimum absolute atomic E-state index is 0.0342. The van der Waals surface area contributed by atoms with Gasteiger partial charge in [0.15, 0.2) is 5.06 Å². The lowest BCUT2D eigenvalue weighted by molar-refractivity contribution is -0.123. The molecule has 1 saturated carbocycles. The molecule has 0 bridgehead atoms. The van der Waals surface area contributed by atoms with Crippen molar-refractivity contribution in [3.8, 4) is 5.06 Å². The summed E-state index contributed by atoms with van der Waals surface area (Å²) in [5.74, 6) is 1.01. The van der Waals surface area contributed by atoms with E-state index < -0.39 is 0 Å². The van der Waals surface area contributed by atoms with Crippen molar-refractivity contribution in [3.05, 3.63) is 46.1 Å². The van der Waals surface area contributed by atoms with Crippen molar-refractivity contribution >= 4 is 39.9 Å². The van der Waals surface area contributed by atoms with Gasteiger partial charge >= 0.3 is 0 Å². The number of H-pyrrole nitrogens is 1. The van der Waals surface area contributed by atoms with Crippen molar-refractivity contribution in [2.75, 3.05) is 6.61 Å². The summed E-state index contributed by atoms with van der Waals surface area (Å²) in [5, 5.41) is 4.62. The Hall–Kier alpha value is -2.05. The molecule has 2 unspecified atom stereocenters. The van der Waals surface area contributed by atoms with Crippen LogP contribution < -0.4 is 10.1 Å². The van der Waals surface area contributed by atoms with E-state index in [0.29, 0.717) is 11.6 Å². The van der Waals surface area contributed by atoms with Crippen molar-refractivity contribution in [1.29, 1.82) is 0 Å². The first-order valence-electron chi connectivity index (χ1n) is 8.74. The number of hydrogen-bond donors (Lipinski definition) is 2. The molecule has 2 N–H and O–H groups in total. The van der Waals surface area contributed by atoms with Gasteiger partial charge in [0.2, 0.25) is 5.91 Å². The largest absolute Gasteiger partial charge is 0.484 e. The Kier molecular flexibility index (Phi) is 4.63. The van der Waals surface area contributed by atoms with Crippen LogP contribution in [0.1, 0.15) is 42.9 Å². The first kappa shape index (κ1) is 17.4. The maximum absolute atomic E-state index is 12.6. The zero-order chi connectivity index (χ0) is 18.3. The number of thiophene rings is 1. The molecule has 0 saturated heterocycles. The first-order chi connectivity index (χ1) is 12.6. The fourth-order valence-corrected chi connectivity index (χ4v) is 4.29. The summed E-state index contributed by atoms with van der Waals surface area (Å²) in [5.41, 5.74) is 1.68. The van der Waals surface area contributed by atoms with Gasteiger partial charge in [-0.25, -0.2) is 4.98 Å². The smallest absolute Gasteiger partial charge is 0.224 e. The highest BCUT2D eigenvalue weighted by molar-refractivity contribution is 7.13. The van der Waals surface area contributed by atoms with E-state index in [1.165, 1.54) is 0 Å². The third kappa shape index (κ3) is 3.31. The summed E-state index contributed by atoms with van der Waals surface area (Å²) < 4.78 is 5.50. The van der Waals surface area contributed by atoms with Gasteiger partial charge in [0.1, 0.15) is 11.3 Å². The van der Waals surface area contributed by atoms with Crippen LogP contribution in [0.15, 0.2) is 30.3 Å². The molecular formula is C19H20ClN3O2S. The van der Waals surface area contributed by atoms with Crippen LogP contribution in [0.2, 0.25) is 5.02 Å². The molecule has 1 aliphatic carbocycles. The predicted molar refractivity (Wildman–Crippen MR) is 104 cm³/mol. The summed E-state index contributed by atoms with van der Waals surface area (Å²) in [4.78, 5) is 21.6. The summed E-state index contributed by atoms with van der Waals surface area (Å²) in [6, 6.07) is 9.59. The van der Waals surface area contributed by atoms with E-state index >= 15 is 0 Å². The van der Waals surface area contributed by atoms with Gasteiger partial charge < -0.3 is 15.0 Å². The van der Waals surface area contributed by atoms with Crippen LogP contribution in [-0.4, -0.2) is 22.5 Å². The van der Waals surface area contributed by atoms with Gasteiger partial charge in [0.25, 0.3) is 0 Å². The van der Waals surface area contributed by atoms with E-state index in [2.05, 4.69) is 15.3 Å². The van der Waals surface area contributed by atoms with Crippen LogP contribution in [0.4, 0.5) is 0 Å². The van der Waals surface area contributed by atoms with Crippen LogP contribution in [0.25, 0.3) is 11.0 Å². The Labute approximate surface area is 160 Å². The van der Waals surface area contributed by atoms with E-state index in [4.69, 9.17) is 16.3 Å². The van der Waals surface area contributed by atoms with E-state index in [1.807, 2.05) is 44.2 Å². The molecule has 1 aromatic carbocycles. The minimum Gasteiger partial charge on any atom is -0.484 e. The number of ether oxygens (including phenoxy) is 1. The highest BCUT2D eigenvalue weighted by atomic mass is 35.5. The summed E-state index contributed by atoms with van der Waals surface area (Å²) in [6.07, 6.45) is 0.810. The molecule has 1 aliphatic rings. The topological polar surface area (TPSA) is 67.0 Å². The fraction of sp³-hybridized carbons (Fsp3) is 0.368. The SMILES string of the molecule is CCOc1ccc([C@@H](C)NC(=O)C2CC2c2nc3c(Cl)cccc3[nH]2)s1. The third-order valence-electron chi connectivity index (χ3n) is 4.63. The molecule has 2 heterocycles. The quantitative estimate of drug-likeness (QED) is 0.644. The number of aromatic amines is 1. The van der Waals surface area contributed by atoms with Crippen LogP contribution in [-0.2, 0) is 4.79 Å². The van der Waals surface area contributed by atoms with Gasteiger partial charge in [-0.2, -0.15) is 0 Å². The monoisotopic (exact) mass is 389 g/mol. The van der Waals surface area contributed by atoms with Crippen LogP contribution in [0.3, 0.4) is 0 Å². The fourth-order valence-electron chi connectivity index (χ4n) is 3.16. The number of aromatic nitrogens is 2. The molecule has 2 aromatic heterocycles. The lowest BCUT2D eigenvalue weighted by Gasteiger charge is -2.12. The van der Waals surface area contributed by atoms with Gasteiger partial charge in [-0.05, 0) is 44.5 Å². The molecule has 0 radical (unpaired) electrons. The van der Waals surface area contributed by atoms with Crippen molar-refractivity contribution in [3.63, 3.8) is 0 Å². The predicted octanol–water partition coefficient (Wildman–Crippen LogP) is 4.66. The molecule has 5 nitrogen and oxygen atoms in total. The average molecular weight is 390 g/mol. The van der Waals surface area contributed by atoms with Gasteiger partial charge in [-0.1, -0.05) is 17.7 Å². The number of fused-ring (bicyclic) bond motifs is 1. The molecular weight excluding hydrogens is 370 g/mol. The molecule has 26 heavy (non-hydrogen) atoms. The van der Waals surface area contributed by atoms with Gasteiger partial charge in [0.05, 0.1) is 23.2 Å². The number of halogens is 1. The number of amides is 1. The zero-order valence-electron chi connectivity index (χ0n) is 14.6. The Morgan fingerprint density at radius 3 is 3.08 bits per heavy atom. The number of imidazole rings is 1. The highest BCUT2D eigenvalue weighted by Gasteiger charge is 2.46. The van der Waals surface area contributed by atoms with Gasteiger partial charge in [0, 0.05) is 16.7 Å². The first-order valence-corrected chi connectivity index (χ1v) is 9.93. The van der Waals surface area contributed by atoms with Gasteiger partial charge in [-0.15, -0.1) is 11.3 Å². The number of nitrogens with zero attached hydrogens (tertiary/aromatic N) is 1. The summed E-state index contributed by atoms with van der Waals surface area (Å²) in [7, 11) is 0. The lowest BCUT2D eigenvalue weighted by atomic mass is 10.2. The van der Waals surface area contributed by atoms with Crippen molar-refractivity contribution in [2.45, 2.75) is 32.2 Å². The second kappa shape index (κ2) is 6.93. The molecule has 3 aromatic rings. The van der Waals surface area contributed by atoms with Crippen molar-refractivity contribution in [1.82, 2.24) is 15.3 Å². The summed E-state index contributed by atoms with van der Waals surface area (Å²) in [6.45, 7) is 4.60. The average Bonchev–Trinajstić information content (AvgIpc) is 3.07. The molecule has 1 fully saturated rings. The number of carbonyl (C=O) groups excluding carboxylic acids is 1. The van der Waals surface area contributed by atoms with E-state index in [1.54, 1.807) is 11.3 Å². The number of para-hydroxylation sites is 1. The number of nitrogens with one attached hydrogen (secondary N) is 2. The molecule has 4 rings (SSSR count). The zero-order valence-corrected chi connectivity index (χ0v) is 16.2. The van der Waals surface area contributed by atoms with Gasteiger partial charge in [-0.3, -0.25) is 4.79 Å². The molecule has 0 aliphatic heterocycles. The second-order valence-electron chi connectivity index (χ2n) is 6.53. The minimum atomic E-state index is -0.0388. The van der Waals surface area contributed by atoms with Crippen LogP contribution >= 0.6 is 22.9 Å². The molecule has 0 spiro atoms. The highest BCUT2D eigenvalue weighted by Crippen LogP contribution is 2.47. The number of carbonyl (C=O) groups is 1. The van der Waals surface area contributed by atoms with E-state index in [9.17, 15) is 4.79 Å². The molecule has 3 atom stereocenters. The molecule has 7 heteroatoms. The standard InChI is InChI=1S/C19H20ClN3O2S/c1-3-25-16-8-7-15(26-16)10(2)21-19(24)12-9-11(12)18-22-14-6-4-5-13(20)17(14)23-18/h4-8,10-12H,3,9H2,1-2H3,(H,21,24)(H,22,23)/t10-,11?,12?/m1/s1. The molecule has 136 valence electrons. The summed E-state index contributed by atoms with van der Waals surface area (Å²) >= 11 is 7.76. The number of hydrogen-bond acceptors (Lipinski definition) is 4. The number of benzene rings is 1. The third-order valence-corrected chi connectivity index (χ3v) is 6.12. The van der Waals surface area contributed by atoms with Crippen molar-refractivity contribution < 1.29 is 9.53 Å². The second-order valence-corrected chi connectivity index (χ2v) is 8.01. The maximum atomic E-state index is 12.6. The van der Waals surface area contributed by atoms with Crippen LogP contribution in [0, 0.1) is 5.92 Å². The van der Waals surface area contributed by atoms with E-state index in [0.717, 1.165) is 33.2 Å². The van der Waals surface area contributed by atoms with Crippen LogP contribution in [0.5, 0.6) is 5.06 Å². The Bertz CT molecular complexity index is 951. The lowest BCUT2D eigenvalue weighted by Crippen LogP contribution is -2.28. The maximum Gasteiger partial charge on any atom is 0.224 e. The Morgan fingerprint density at radius 2 is 2.31 bits per heavy atom.